The number of aromatic nitrogens is 8. The Balaban J connectivity index is 0.938. The summed E-state index contributed by atoms with van der Waals surface area (Å²) in [5, 5.41) is 5.77. The minimum atomic E-state index is -4.50. The van der Waals surface area contributed by atoms with Crippen molar-refractivity contribution >= 4 is 83.7 Å². The number of nitrogens with zero attached hydrogens (tertiary/aromatic N) is 8. The first kappa shape index (κ1) is 40.7. The van der Waals surface area contributed by atoms with Crippen LogP contribution >= 0.6 is 38.1 Å². The number of anilines is 2. The van der Waals surface area contributed by atoms with Gasteiger partial charge in [-0.3, -0.25) is 32.0 Å². The zero-order chi connectivity index (χ0) is 41.8. The fourth-order valence-electron chi connectivity index (χ4n) is 6.94. The number of rotatable bonds is 7. The van der Waals surface area contributed by atoms with Crippen molar-refractivity contribution in [3.8, 4) is 0 Å². The second-order valence-corrected chi connectivity index (χ2v) is 19.3. The number of thiol groups is 2. The van der Waals surface area contributed by atoms with Crippen LogP contribution in [0.3, 0.4) is 0 Å². The van der Waals surface area contributed by atoms with Gasteiger partial charge in [-0.05, 0) is 17.7 Å². The molecule has 0 bridgehead atoms. The van der Waals surface area contributed by atoms with Crippen molar-refractivity contribution in [2.75, 3.05) is 23.8 Å². The molecule has 3 aliphatic rings. The van der Waals surface area contributed by atoms with Gasteiger partial charge in [-0.1, -0.05) is 79.6 Å². The number of nitrogens with one attached hydrogen (secondary N) is 2. The summed E-state index contributed by atoms with van der Waals surface area (Å²) in [6.07, 6.45) is -8.60. The first-order chi connectivity index (χ1) is 28.9. The number of imidazole rings is 2. The third-order valence-electron chi connectivity index (χ3n) is 9.77. The number of benzene rings is 2. The Labute approximate surface area is 348 Å². The minimum absolute atomic E-state index is 0.0380. The number of hydrogen-bond acceptors (Lipinski definition) is 16. The molecule has 0 unspecified atom stereocenters. The summed E-state index contributed by atoms with van der Waals surface area (Å²) in [4.78, 5) is 38.4. The van der Waals surface area contributed by atoms with Crippen molar-refractivity contribution < 1.29 is 50.3 Å². The second-order valence-electron chi connectivity index (χ2n) is 13.6. The van der Waals surface area contributed by atoms with E-state index in [4.69, 9.17) is 27.6 Å². The third-order valence-corrected chi connectivity index (χ3v) is 13.0. The van der Waals surface area contributed by atoms with E-state index in [1.807, 2.05) is 30.3 Å². The molecule has 60 heavy (non-hydrogen) atoms. The van der Waals surface area contributed by atoms with Crippen LogP contribution in [0.4, 0.5) is 20.4 Å². The Hall–Kier alpha value is -4.67. The predicted octanol–water partition coefficient (Wildman–Crippen LogP) is 6.37. The normalized spacial score (nSPS) is 30.9. The molecule has 9 rings (SSSR count). The summed E-state index contributed by atoms with van der Waals surface area (Å²) in [7, 11) is 0. The summed E-state index contributed by atoms with van der Waals surface area (Å²) in [6.45, 7) is -6.33. The Bertz CT molecular complexity index is 2510. The lowest BCUT2D eigenvalue weighted by atomic mass is 10.1. The SMILES string of the molecule is C=C(Nc1ncnc2c1ncn2[C@@H]1O[C@@H]2CO[P@@](=O)(S)O[C@H]3[C@@H](F)[C@H](n4cnc5c(NC(=O)c6ccccc6)ncnc54)O[C@@H]3CO[P@@](=O)(S)O[C@H]2[C@H]1F)c1ccccc1. The first-order valence-corrected chi connectivity index (χ1v) is 23.4. The van der Waals surface area contributed by atoms with Gasteiger partial charge in [-0.25, -0.2) is 47.8 Å². The lowest BCUT2D eigenvalue weighted by Crippen LogP contribution is -2.36. The highest BCUT2D eigenvalue weighted by molar-refractivity contribution is 8.44. The number of carbonyl (C=O) groups is 1. The Morgan fingerprint density at radius 3 is 1.62 bits per heavy atom. The van der Waals surface area contributed by atoms with E-state index in [1.165, 1.54) is 28.1 Å². The Morgan fingerprint density at radius 1 is 0.683 bits per heavy atom. The van der Waals surface area contributed by atoms with Crippen LogP contribution in [0, 0.1) is 0 Å². The standard InChI is InChI=1S/C35H32F2N10O9P2S2/c1-18(19-8-4-2-5-9-19)44-29-25-31(40-14-38-29)46(16-42-25)34-23(36)27-21(53-34)12-51-58(50,60)56-28-22(13-52-57(49,59)55-27)54-35(24(28)37)47-17-43-26-30(39-15-41-32(26)47)45-33(48)20-10-6-3-7-11-20/h2-11,14-17,21-24,27-28,34-35H,1,12-13H2,(H,49,59)(H,50,60)(H,38,40,44)(H,39,41,45,48)/t21-,22-,23-,24-,27-,28-,34-,35-,57-,58-/m1/s1. The van der Waals surface area contributed by atoms with Crippen molar-refractivity contribution in [1.29, 1.82) is 0 Å². The van der Waals surface area contributed by atoms with Crippen molar-refractivity contribution in [3.05, 3.63) is 104 Å². The molecule has 0 spiro atoms. The quantitative estimate of drug-likeness (QED) is 0.101. The number of hydrogen-bond donors (Lipinski definition) is 4. The molecule has 25 heteroatoms. The van der Waals surface area contributed by atoms with Crippen molar-refractivity contribution in [3.63, 3.8) is 0 Å². The van der Waals surface area contributed by atoms with Crippen LogP contribution in [0.25, 0.3) is 28.0 Å². The van der Waals surface area contributed by atoms with Crippen LogP contribution in [-0.4, -0.2) is 94.9 Å². The highest BCUT2D eigenvalue weighted by atomic mass is 32.7. The van der Waals surface area contributed by atoms with Gasteiger partial charge in [0.15, 0.2) is 58.8 Å². The Morgan fingerprint density at radius 2 is 1.13 bits per heavy atom. The molecular weight excluding hydrogens is 869 g/mol. The molecule has 0 radical (unpaired) electrons. The number of amides is 1. The van der Waals surface area contributed by atoms with Crippen LogP contribution in [0.1, 0.15) is 28.4 Å². The summed E-state index contributed by atoms with van der Waals surface area (Å²) in [5.41, 5.74) is 2.24. The zero-order valence-electron chi connectivity index (χ0n) is 30.6. The van der Waals surface area contributed by atoms with E-state index in [9.17, 15) is 13.9 Å². The average Bonchev–Trinajstić information content (AvgIpc) is 4.01. The number of halogens is 2. The van der Waals surface area contributed by atoms with E-state index in [1.54, 1.807) is 30.3 Å². The van der Waals surface area contributed by atoms with Gasteiger partial charge in [0.05, 0.1) is 25.9 Å². The van der Waals surface area contributed by atoms with Crippen LogP contribution < -0.4 is 10.6 Å². The van der Waals surface area contributed by atoms with Crippen molar-refractivity contribution in [2.24, 2.45) is 0 Å². The molecule has 2 aromatic carbocycles. The molecule has 3 aliphatic heterocycles. The summed E-state index contributed by atoms with van der Waals surface area (Å²) >= 11 is 8.17. The lowest BCUT2D eigenvalue weighted by Gasteiger charge is -2.28. The molecule has 2 N–H and O–H groups in total. The Kier molecular flexibility index (Phi) is 11.1. The summed E-state index contributed by atoms with van der Waals surface area (Å²) < 4.78 is 97.3. The monoisotopic (exact) mass is 900 g/mol. The molecule has 0 saturated carbocycles. The molecule has 7 heterocycles. The fourth-order valence-corrected chi connectivity index (χ4v) is 9.91. The zero-order valence-corrected chi connectivity index (χ0v) is 34.2. The predicted molar refractivity (Wildman–Crippen MR) is 217 cm³/mol. The molecule has 19 nitrogen and oxygen atoms in total. The molecule has 0 aliphatic carbocycles. The van der Waals surface area contributed by atoms with E-state index in [0.717, 1.165) is 11.9 Å². The van der Waals surface area contributed by atoms with Gasteiger partial charge in [-0.2, -0.15) is 0 Å². The average molecular weight is 901 g/mol. The van der Waals surface area contributed by atoms with Gasteiger partial charge in [0, 0.05) is 11.3 Å². The minimum Gasteiger partial charge on any atom is -0.346 e. The van der Waals surface area contributed by atoms with E-state index in [0.29, 0.717) is 11.3 Å². The van der Waals surface area contributed by atoms with Crippen LogP contribution in [0.2, 0.25) is 0 Å². The van der Waals surface area contributed by atoms with Gasteiger partial charge < -0.3 is 20.1 Å². The summed E-state index contributed by atoms with van der Waals surface area (Å²) in [6, 6.07) is 17.6. The number of fused-ring (bicyclic) bond motifs is 4. The van der Waals surface area contributed by atoms with E-state index < -0.39 is 81.9 Å². The molecule has 3 saturated heterocycles. The van der Waals surface area contributed by atoms with Gasteiger partial charge >= 0.3 is 13.6 Å². The number of ether oxygens (including phenoxy) is 2. The molecule has 4 aromatic heterocycles. The summed E-state index contributed by atoms with van der Waals surface area (Å²) in [5.74, 6) is -0.156. The first-order valence-electron chi connectivity index (χ1n) is 18.0. The van der Waals surface area contributed by atoms with E-state index in [-0.39, 0.29) is 34.0 Å². The molecule has 312 valence electrons. The second kappa shape index (κ2) is 16.3. The molecular formula is C35H32F2N10O9P2S2. The van der Waals surface area contributed by atoms with Gasteiger partial charge in [-0.15, -0.1) is 0 Å². The molecule has 6 aromatic rings. The molecule has 10 atom stereocenters. The van der Waals surface area contributed by atoms with Gasteiger partial charge in [0.2, 0.25) is 0 Å². The van der Waals surface area contributed by atoms with Crippen LogP contribution in [-0.2, 0) is 36.7 Å². The maximum absolute atomic E-state index is 16.5. The number of alkyl halides is 2. The van der Waals surface area contributed by atoms with Crippen LogP contribution in [0.5, 0.6) is 0 Å². The number of carbonyl (C=O) groups excluding carboxylic acids is 1. The maximum Gasteiger partial charge on any atom is 0.386 e. The lowest BCUT2D eigenvalue weighted by molar-refractivity contribution is -0.0544. The van der Waals surface area contributed by atoms with Gasteiger partial charge in [0.1, 0.15) is 37.1 Å². The topological polar surface area (TPSA) is 218 Å². The van der Waals surface area contributed by atoms with Crippen molar-refractivity contribution in [2.45, 2.75) is 49.2 Å². The third kappa shape index (κ3) is 7.97. The largest absolute Gasteiger partial charge is 0.386 e. The van der Waals surface area contributed by atoms with Crippen LogP contribution in [0.15, 0.2) is 92.6 Å². The van der Waals surface area contributed by atoms with E-state index >= 15 is 8.78 Å². The van der Waals surface area contributed by atoms with Crippen molar-refractivity contribution in [1.82, 2.24) is 39.0 Å². The van der Waals surface area contributed by atoms with Gasteiger partial charge in [0.25, 0.3) is 5.91 Å². The fraction of sp³-hybridized carbons (Fsp3) is 0.286. The molecule has 3 fully saturated rings. The van der Waals surface area contributed by atoms with E-state index in [2.05, 4.69) is 71.6 Å². The maximum atomic E-state index is 16.5. The highest BCUT2D eigenvalue weighted by Gasteiger charge is 2.54. The smallest absolute Gasteiger partial charge is 0.346 e. The molecule has 1 amide bonds. The highest BCUT2D eigenvalue weighted by Crippen LogP contribution is 2.60.